The molecule has 0 heterocycles. The van der Waals surface area contributed by atoms with Gasteiger partial charge in [0, 0.05) is 15.8 Å². The van der Waals surface area contributed by atoms with Crippen LogP contribution in [0.1, 0.15) is 31.9 Å². The highest BCUT2D eigenvalue weighted by molar-refractivity contribution is 14.1. The second kappa shape index (κ2) is 5.88. The molecule has 0 radical (unpaired) electrons. The lowest BCUT2D eigenvalue weighted by Crippen LogP contribution is -2.27. The molecule has 1 aromatic carbocycles. The molecular formula is C13H19IN2O2. The van der Waals surface area contributed by atoms with Crippen molar-refractivity contribution in [1.29, 1.82) is 0 Å². The Bertz CT molecular complexity index is 453. The van der Waals surface area contributed by atoms with E-state index in [4.69, 9.17) is 10.5 Å². The Balaban J connectivity index is 2.90. The van der Waals surface area contributed by atoms with Gasteiger partial charge in [0.2, 0.25) is 0 Å². The summed E-state index contributed by atoms with van der Waals surface area (Å²) in [6.45, 7) is 7.90. The average molecular weight is 362 g/mol. The van der Waals surface area contributed by atoms with E-state index in [1.165, 1.54) is 0 Å². The summed E-state index contributed by atoms with van der Waals surface area (Å²) in [5.41, 5.74) is 7.86. The predicted molar refractivity (Wildman–Crippen MR) is 81.6 cm³/mol. The quantitative estimate of drug-likeness (QED) is 0.793. The molecule has 1 rings (SSSR count). The third kappa shape index (κ3) is 4.45. The van der Waals surface area contributed by atoms with Gasteiger partial charge in [-0.1, -0.05) is 0 Å². The SMILES string of the molecule is Cc1c(I)cc(CN)cc1NC(=O)OC(C)(C)C. The van der Waals surface area contributed by atoms with Crippen LogP contribution in [-0.4, -0.2) is 11.7 Å². The van der Waals surface area contributed by atoms with Crippen LogP contribution in [0.4, 0.5) is 10.5 Å². The van der Waals surface area contributed by atoms with Crippen molar-refractivity contribution in [2.24, 2.45) is 5.73 Å². The maximum Gasteiger partial charge on any atom is 0.412 e. The summed E-state index contributed by atoms with van der Waals surface area (Å²) in [6.07, 6.45) is -0.449. The van der Waals surface area contributed by atoms with Gasteiger partial charge in [-0.25, -0.2) is 4.79 Å². The van der Waals surface area contributed by atoms with Crippen molar-refractivity contribution in [3.8, 4) is 0 Å². The molecule has 0 fully saturated rings. The largest absolute Gasteiger partial charge is 0.444 e. The van der Waals surface area contributed by atoms with E-state index in [0.29, 0.717) is 6.54 Å². The number of anilines is 1. The number of ether oxygens (including phenoxy) is 1. The molecule has 1 aromatic rings. The zero-order valence-corrected chi connectivity index (χ0v) is 13.3. The molecule has 5 heteroatoms. The van der Waals surface area contributed by atoms with Crippen LogP contribution in [0.2, 0.25) is 0 Å². The summed E-state index contributed by atoms with van der Waals surface area (Å²) >= 11 is 2.23. The molecule has 0 saturated carbocycles. The number of carbonyl (C=O) groups excluding carboxylic acids is 1. The molecule has 0 atom stereocenters. The van der Waals surface area contributed by atoms with Crippen LogP contribution in [0.25, 0.3) is 0 Å². The molecule has 0 aliphatic rings. The fraction of sp³-hybridized carbons (Fsp3) is 0.462. The topological polar surface area (TPSA) is 64.3 Å². The minimum atomic E-state index is -0.503. The van der Waals surface area contributed by atoms with Crippen molar-refractivity contribution in [3.05, 3.63) is 26.8 Å². The molecule has 0 aromatic heterocycles. The number of nitrogens with one attached hydrogen (secondary N) is 1. The number of nitrogens with two attached hydrogens (primary N) is 1. The van der Waals surface area contributed by atoms with Gasteiger partial charge >= 0.3 is 6.09 Å². The van der Waals surface area contributed by atoms with Crippen LogP contribution >= 0.6 is 22.6 Å². The number of carbonyl (C=O) groups is 1. The van der Waals surface area contributed by atoms with Crippen molar-refractivity contribution in [3.63, 3.8) is 0 Å². The van der Waals surface area contributed by atoms with Crippen molar-refractivity contribution < 1.29 is 9.53 Å². The minimum Gasteiger partial charge on any atom is -0.444 e. The molecule has 0 aliphatic carbocycles. The van der Waals surface area contributed by atoms with Crippen LogP contribution < -0.4 is 11.1 Å². The Labute approximate surface area is 121 Å². The van der Waals surface area contributed by atoms with Crippen LogP contribution in [0.3, 0.4) is 0 Å². The fourth-order valence-corrected chi connectivity index (χ4v) is 2.09. The van der Waals surface area contributed by atoms with Gasteiger partial charge in [0.1, 0.15) is 5.60 Å². The van der Waals surface area contributed by atoms with E-state index in [0.717, 1.165) is 20.4 Å². The van der Waals surface area contributed by atoms with Gasteiger partial charge in [-0.3, -0.25) is 5.32 Å². The van der Waals surface area contributed by atoms with Crippen LogP contribution in [0.5, 0.6) is 0 Å². The number of halogens is 1. The summed E-state index contributed by atoms with van der Waals surface area (Å²) in [6, 6.07) is 3.89. The second-order valence-electron chi connectivity index (χ2n) is 5.08. The number of rotatable bonds is 2. The van der Waals surface area contributed by atoms with Crippen LogP contribution in [0, 0.1) is 10.5 Å². The van der Waals surface area contributed by atoms with Crippen molar-refractivity contribution in [2.45, 2.75) is 39.8 Å². The van der Waals surface area contributed by atoms with E-state index in [1.807, 2.05) is 39.8 Å². The zero-order valence-electron chi connectivity index (χ0n) is 11.1. The van der Waals surface area contributed by atoms with E-state index >= 15 is 0 Å². The molecule has 100 valence electrons. The monoisotopic (exact) mass is 362 g/mol. The lowest BCUT2D eigenvalue weighted by atomic mass is 10.1. The molecular weight excluding hydrogens is 343 g/mol. The van der Waals surface area contributed by atoms with Crippen molar-refractivity contribution in [1.82, 2.24) is 0 Å². The van der Waals surface area contributed by atoms with Gasteiger partial charge in [-0.05, 0) is 73.5 Å². The molecule has 4 nitrogen and oxygen atoms in total. The molecule has 18 heavy (non-hydrogen) atoms. The maximum absolute atomic E-state index is 11.7. The highest BCUT2D eigenvalue weighted by Gasteiger charge is 2.17. The fourth-order valence-electron chi connectivity index (χ4n) is 1.40. The van der Waals surface area contributed by atoms with Crippen LogP contribution in [0.15, 0.2) is 12.1 Å². The van der Waals surface area contributed by atoms with Gasteiger partial charge < -0.3 is 10.5 Å². The van der Waals surface area contributed by atoms with Gasteiger partial charge in [0.05, 0.1) is 0 Å². The second-order valence-corrected chi connectivity index (χ2v) is 6.24. The first-order valence-corrected chi connectivity index (χ1v) is 6.80. The first-order chi connectivity index (χ1) is 8.23. The molecule has 0 aliphatic heterocycles. The highest BCUT2D eigenvalue weighted by atomic mass is 127. The number of benzene rings is 1. The van der Waals surface area contributed by atoms with Crippen molar-refractivity contribution >= 4 is 34.4 Å². The van der Waals surface area contributed by atoms with Gasteiger partial charge in [-0.15, -0.1) is 0 Å². The molecule has 3 N–H and O–H groups in total. The molecule has 0 bridgehead atoms. The van der Waals surface area contributed by atoms with Gasteiger partial charge in [-0.2, -0.15) is 0 Å². The summed E-state index contributed by atoms with van der Waals surface area (Å²) in [5.74, 6) is 0. The van der Waals surface area contributed by atoms with E-state index in [2.05, 4.69) is 27.9 Å². The number of hydrogen-bond donors (Lipinski definition) is 2. The Morgan fingerprint density at radius 1 is 1.44 bits per heavy atom. The Morgan fingerprint density at radius 2 is 2.06 bits per heavy atom. The smallest absolute Gasteiger partial charge is 0.412 e. The average Bonchev–Trinajstić information content (AvgIpc) is 2.21. The number of amides is 1. The lowest BCUT2D eigenvalue weighted by Gasteiger charge is -2.20. The molecule has 0 saturated heterocycles. The maximum atomic E-state index is 11.7. The first kappa shape index (κ1) is 15.2. The van der Waals surface area contributed by atoms with Crippen LogP contribution in [-0.2, 0) is 11.3 Å². The Hall–Kier alpha value is -0.820. The van der Waals surface area contributed by atoms with E-state index in [-0.39, 0.29) is 0 Å². The summed E-state index contributed by atoms with van der Waals surface area (Å²) < 4.78 is 6.30. The third-order valence-corrected chi connectivity index (χ3v) is 3.40. The highest BCUT2D eigenvalue weighted by Crippen LogP contribution is 2.23. The first-order valence-electron chi connectivity index (χ1n) is 5.72. The van der Waals surface area contributed by atoms with Gasteiger partial charge in [0.15, 0.2) is 0 Å². The molecule has 0 spiro atoms. The third-order valence-electron chi connectivity index (χ3n) is 2.28. The summed E-state index contributed by atoms with van der Waals surface area (Å²) in [4.78, 5) is 11.7. The summed E-state index contributed by atoms with van der Waals surface area (Å²) in [5, 5.41) is 2.76. The predicted octanol–water partition coefficient (Wildman–Crippen LogP) is 3.41. The van der Waals surface area contributed by atoms with Gasteiger partial charge in [0.25, 0.3) is 0 Å². The normalized spacial score (nSPS) is 11.2. The molecule has 0 unspecified atom stereocenters. The van der Waals surface area contributed by atoms with Crippen molar-refractivity contribution in [2.75, 3.05) is 5.32 Å². The lowest BCUT2D eigenvalue weighted by molar-refractivity contribution is 0.0636. The molecule has 1 amide bonds. The summed E-state index contributed by atoms with van der Waals surface area (Å²) in [7, 11) is 0. The Morgan fingerprint density at radius 3 is 2.56 bits per heavy atom. The zero-order chi connectivity index (χ0) is 13.9. The van der Waals surface area contributed by atoms with E-state index in [1.54, 1.807) is 0 Å². The van der Waals surface area contributed by atoms with E-state index in [9.17, 15) is 4.79 Å². The van der Waals surface area contributed by atoms with E-state index < -0.39 is 11.7 Å². The number of hydrogen-bond acceptors (Lipinski definition) is 3. The minimum absolute atomic E-state index is 0.444. The Kier molecular flexibility index (Phi) is 4.98. The standard InChI is InChI=1S/C13H19IN2O2/c1-8-10(14)5-9(7-15)6-11(8)16-12(17)18-13(2,3)4/h5-6H,7,15H2,1-4H3,(H,16,17).